The van der Waals surface area contributed by atoms with E-state index in [-0.39, 0.29) is 18.5 Å². The van der Waals surface area contributed by atoms with E-state index in [1.54, 1.807) is 6.07 Å². The predicted octanol–water partition coefficient (Wildman–Crippen LogP) is 3.10. The van der Waals surface area contributed by atoms with Gasteiger partial charge in [-0.05, 0) is 12.8 Å². The number of benzene rings is 1. The lowest BCUT2D eigenvalue weighted by atomic mass is 9.82. The molecule has 0 unspecified atom stereocenters. The third-order valence-corrected chi connectivity index (χ3v) is 4.89. The van der Waals surface area contributed by atoms with Crippen LogP contribution in [0.15, 0.2) is 40.9 Å². The number of amides is 3. The number of imide groups is 1. The van der Waals surface area contributed by atoms with E-state index in [0.29, 0.717) is 11.5 Å². The van der Waals surface area contributed by atoms with Crippen LogP contribution in [0.1, 0.15) is 37.8 Å². The molecule has 0 atom stereocenters. The van der Waals surface area contributed by atoms with E-state index in [1.807, 2.05) is 30.3 Å². The number of carbonyl (C=O) groups excluding carboxylic acids is 2. The van der Waals surface area contributed by atoms with Crippen molar-refractivity contribution in [2.45, 2.75) is 44.2 Å². The van der Waals surface area contributed by atoms with Crippen LogP contribution in [0.5, 0.6) is 0 Å². The van der Waals surface area contributed by atoms with Crippen LogP contribution >= 0.6 is 0 Å². The summed E-state index contributed by atoms with van der Waals surface area (Å²) in [6.07, 6.45) is 4.52. The zero-order valence-electron chi connectivity index (χ0n) is 13.3. The van der Waals surface area contributed by atoms with E-state index in [2.05, 4.69) is 10.5 Å². The van der Waals surface area contributed by atoms with Gasteiger partial charge in [-0.25, -0.2) is 4.79 Å². The Morgan fingerprint density at radius 3 is 2.62 bits per heavy atom. The highest BCUT2D eigenvalue weighted by atomic mass is 16.5. The molecule has 1 aromatic heterocycles. The fourth-order valence-corrected chi connectivity index (χ4v) is 3.60. The number of hydrogen-bond donors (Lipinski definition) is 1. The topological polar surface area (TPSA) is 75.4 Å². The van der Waals surface area contributed by atoms with Gasteiger partial charge in [0.1, 0.15) is 11.2 Å². The maximum Gasteiger partial charge on any atom is 0.325 e. The maximum absolute atomic E-state index is 12.8. The SMILES string of the molecule is O=C1NC2(CCCCC2)C(=O)N1Cc1cc(-c2ccccc2)on1. The molecule has 4 rings (SSSR count). The lowest BCUT2D eigenvalue weighted by Crippen LogP contribution is -2.48. The van der Waals surface area contributed by atoms with Gasteiger partial charge in [-0.3, -0.25) is 9.69 Å². The molecular weight excluding hydrogens is 306 g/mol. The number of aromatic nitrogens is 1. The molecule has 2 fully saturated rings. The lowest BCUT2D eigenvalue weighted by Gasteiger charge is -2.30. The van der Waals surface area contributed by atoms with Crippen LogP contribution in [0.2, 0.25) is 0 Å². The van der Waals surface area contributed by atoms with Gasteiger partial charge < -0.3 is 9.84 Å². The van der Waals surface area contributed by atoms with Crippen molar-refractivity contribution in [1.82, 2.24) is 15.4 Å². The van der Waals surface area contributed by atoms with Crippen LogP contribution in [-0.2, 0) is 11.3 Å². The van der Waals surface area contributed by atoms with Crippen molar-refractivity contribution in [2.24, 2.45) is 0 Å². The van der Waals surface area contributed by atoms with Crippen molar-refractivity contribution in [3.05, 3.63) is 42.1 Å². The highest BCUT2D eigenvalue weighted by Crippen LogP contribution is 2.34. The molecule has 1 saturated carbocycles. The van der Waals surface area contributed by atoms with E-state index in [4.69, 9.17) is 4.52 Å². The van der Waals surface area contributed by atoms with E-state index in [0.717, 1.165) is 37.7 Å². The average molecular weight is 325 g/mol. The molecule has 1 aliphatic heterocycles. The molecule has 2 aliphatic rings. The van der Waals surface area contributed by atoms with Crippen LogP contribution < -0.4 is 5.32 Å². The van der Waals surface area contributed by atoms with Crippen molar-refractivity contribution in [1.29, 1.82) is 0 Å². The largest absolute Gasteiger partial charge is 0.356 e. The maximum atomic E-state index is 12.8. The van der Waals surface area contributed by atoms with Crippen molar-refractivity contribution >= 4 is 11.9 Å². The normalized spacial score (nSPS) is 19.8. The van der Waals surface area contributed by atoms with Crippen molar-refractivity contribution in [3.63, 3.8) is 0 Å². The van der Waals surface area contributed by atoms with E-state index >= 15 is 0 Å². The number of urea groups is 1. The van der Waals surface area contributed by atoms with E-state index < -0.39 is 5.54 Å². The molecule has 0 radical (unpaired) electrons. The molecule has 124 valence electrons. The second-order valence-electron chi connectivity index (χ2n) is 6.51. The summed E-state index contributed by atoms with van der Waals surface area (Å²) in [5.41, 5.74) is 0.795. The van der Waals surface area contributed by atoms with Gasteiger partial charge in [0.2, 0.25) is 0 Å². The molecule has 24 heavy (non-hydrogen) atoms. The number of nitrogens with one attached hydrogen (secondary N) is 1. The first-order valence-corrected chi connectivity index (χ1v) is 8.33. The minimum Gasteiger partial charge on any atom is -0.356 e. The third-order valence-electron chi connectivity index (χ3n) is 4.89. The standard InChI is InChI=1S/C18H19N3O3/c22-16-18(9-5-2-6-10-18)19-17(23)21(16)12-14-11-15(24-20-14)13-7-3-1-4-8-13/h1,3-4,7-8,11H,2,5-6,9-10,12H2,(H,19,23). The zero-order valence-corrected chi connectivity index (χ0v) is 13.3. The molecule has 6 heteroatoms. The van der Waals surface area contributed by atoms with Crippen molar-refractivity contribution < 1.29 is 14.1 Å². The Hall–Kier alpha value is -2.63. The first-order valence-electron chi connectivity index (χ1n) is 8.33. The molecule has 3 amide bonds. The Balaban J connectivity index is 1.52. The number of hydrogen-bond acceptors (Lipinski definition) is 4. The second kappa shape index (κ2) is 5.78. The van der Waals surface area contributed by atoms with Crippen molar-refractivity contribution in [2.75, 3.05) is 0 Å². The predicted molar refractivity (Wildman–Crippen MR) is 86.8 cm³/mol. The lowest BCUT2D eigenvalue weighted by molar-refractivity contribution is -0.132. The highest BCUT2D eigenvalue weighted by Gasteiger charge is 2.51. The first-order chi connectivity index (χ1) is 11.7. The summed E-state index contributed by atoms with van der Waals surface area (Å²) in [6, 6.07) is 11.1. The first kappa shape index (κ1) is 14.9. The van der Waals surface area contributed by atoms with Crippen LogP contribution in [0.3, 0.4) is 0 Å². The summed E-state index contributed by atoms with van der Waals surface area (Å²) in [6.45, 7) is 0.142. The Morgan fingerprint density at radius 1 is 1.12 bits per heavy atom. The van der Waals surface area contributed by atoms with E-state index in [9.17, 15) is 9.59 Å². The molecule has 1 aromatic carbocycles. The van der Waals surface area contributed by atoms with Gasteiger partial charge in [0.25, 0.3) is 5.91 Å². The monoisotopic (exact) mass is 325 g/mol. The smallest absolute Gasteiger partial charge is 0.325 e. The van der Waals surface area contributed by atoms with Gasteiger partial charge in [-0.15, -0.1) is 0 Å². The molecule has 2 aromatic rings. The number of rotatable bonds is 3. The fraction of sp³-hybridized carbons (Fsp3) is 0.389. The molecule has 1 spiro atoms. The molecule has 1 N–H and O–H groups in total. The van der Waals surface area contributed by atoms with Gasteiger partial charge in [-0.2, -0.15) is 0 Å². The molecule has 2 heterocycles. The summed E-state index contributed by atoms with van der Waals surface area (Å²) in [5, 5.41) is 6.92. The molecule has 0 bridgehead atoms. The highest BCUT2D eigenvalue weighted by molar-refractivity contribution is 6.07. The van der Waals surface area contributed by atoms with Gasteiger partial charge in [-0.1, -0.05) is 54.8 Å². The molecular formula is C18H19N3O3. The van der Waals surface area contributed by atoms with Crippen LogP contribution in [0, 0.1) is 0 Å². The molecule has 6 nitrogen and oxygen atoms in total. The van der Waals surface area contributed by atoms with Crippen LogP contribution in [0.4, 0.5) is 4.79 Å². The minimum absolute atomic E-state index is 0.128. The van der Waals surface area contributed by atoms with Crippen LogP contribution in [-0.4, -0.2) is 27.5 Å². The zero-order chi connectivity index (χ0) is 16.6. The molecule has 1 saturated heterocycles. The fourth-order valence-electron chi connectivity index (χ4n) is 3.60. The minimum atomic E-state index is -0.693. The summed E-state index contributed by atoms with van der Waals surface area (Å²) in [5.74, 6) is 0.501. The Labute approximate surface area is 139 Å². The summed E-state index contributed by atoms with van der Waals surface area (Å²) >= 11 is 0. The van der Waals surface area contributed by atoms with Crippen molar-refractivity contribution in [3.8, 4) is 11.3 Å². The Bertz CT molecular complexity index is 763. The quantitative estimate of drug-likeness (QED) is 0.880. The Kier molecular flexibility index (Phi) is 3.59. The summed E-state index contributed by atoms with van der Waals surface area (Å²) < 4.78 is 5.35. The number of carbonyl (C=O) groups is 2. The van der Waals surface area contributed by atoms with Gasteiger partial charge >= 0.3 is 6.03 Å². The third kappa shape index (κ3) is 2.48. The summed E-state index contributed by atoms with van der Waals surface area (Å²) in [4.78, 5) is 26.3. The average Bonchev–Trinajstić information content (AvgIpc) is 3.16. The van der Waals surface area contributed by atoms with Gasteiger partial charge in [0.05, 0.1) is 6.54 Å². The second-order valence-corrected chi connectivity index (χ2v) is 6.51. The van der Waals surface area contributed by atoms with E-state index in [1.165, 1.54) is 4.90 Å². The van der Waals surface area contributed by atoms with Gasteiger partial charge in [0, 0.05) is 11.6 Å². The number of nitrogens with zero attached hydrogens (tertiary/aromatic N) is 2. The Morgan fingerprint density at radius 2 is 1.88 bits per heavy atom. The summed E-state index contributed by atoms with van der Waals surface area (Å²) in [7, 11) is 0. The van der Waals surface area contributed by atoms with Crippen LogP contribution in [0.25, 0.3) is 11.3 Å². The molecule has 1 aliphatic carbocycles. The van der Waals surface area contributed by atoms with Gasteiger partial charge in [0.15, 0.2) is 5.76 Å².